The first-order chi connectivity index (χ1) is 10.8. The van der Waals surface area contributed by atoms with Gasteiger partial charge in [-0.15, -0.1) is 24.8 Å². The molecule has 1 atom stereocenters. The summed E-state index contributed by atoms with van der Waals surface area (Å²) in [6.45, 7) is 6.42. The lowest BCUT2D eigenvalue weighted by Gasteiger charge is -2.36. The van der Waals surface area contributed by atoms with Gasteiger partial charge in [0.2, 0.25) is 5.75 Å². The standard InChI is InChI=1S/C17H28N2O3.2ClH/c1-5-6-14(19-11-9-18-10-12-19)13-7-8-15(20-2)17(22-4)16(13)21-3;;/h7-8,14,18H,5-6,9-12H2,1-4H3;2*1H/t14-;;/m0../s1. The van der Waals surface area contributed by atoms with E-state index >= 15 is 0 Å². The number of rotatable bonds is 7. The van der Waals surface area contributed by atoms with Crippen molar-refractivity contribution in [2.75, 3.05) is 47.5 Å². The van der Waals surface area contributed by atoms with E-state index in [4.69, 9.17) is 14.2 Å². The lowest BCUT2D eigenvalue weighted by atomic mass is 9.98. The SMILES string of the molecule is CCC[C@@H](c1ccc(OC)c(OC)c1OC)N1CCNCC1.Cl.Cl. The summed E-state index contributed by atoms with van der Waals surface area (Å²) in [7, 11) is 5.00. The highest BCUT2D eigenvalue weighted by molar-refractivity contribution is 5.85. The third-order valence-electron chi connectivity index (χ3n) is 4.25. The number of piperazine rings is 1. The molecule has 7 heteroatoms. The van der Waals surface area contributed by atoms with Crippen molar-refractivity contribution in [2.45, 2.75) is 25.8 Å². The van der Waals surface area contributed by atoms with Crippen LogP contribution in [0.3, 0.4) is 0 Å². The molecule has 0 amide bonds. The quantitative estimate of drug-likeness (QED) is 0.785. The molecule has 140 valence electrons. The molecular formula is C17H30Cl2N2O3. The van der Waals surface area contributed by atoms with E-state index in [9.17, 15) is 0 Å². The summed E-state index contributed by atoms with van der Waals surface area (Å²) in [5.41, 5.74) is 1.18. The third kappa shape index (κ3) is 5.06. The highest BCUT2D eigenvalue weighted by Gasteiger charge is 2.27. The van der Waals surface area contributed by atoms with Crippen LogP contribution in [0.15, 0.2) is 12.1 Å². The minimum atomic E-state index is 0. The summed E-state index contributed by atoms with van der Waals surface area (Å²) in [4.78, 5) is 2.53. The fraction of sp³-hybridized carbons (Fsp3) is 0.647. The molecule has 5 nitrogen and oxygen atoms in total. The van der Waals surface area contributed by atoms with Crippen LogP contribution in [0.25, 0.3) is 0 Å². The largest absolute Gasteiger partial charge is 0.493 e. The molecule has 0 aliphatic carbocycles. The van der Waals surface area contributed by atoms with E-state index in [1.807, 2.05) is 6.07 Å². The van der Waals surface area contributed by atoms with Gasteiger partial charge in [-0.1, -0.05) is 13.3 Å². The van der Waals surface area contributed by atoms with Crippen LogP contribution >= 0.6 is 24.8 Å². The molecule has 24 heavy (non-hydrogen) atoms. The van der Waals surface area contributed by atoms with Crippen molar-refractivity contribution < 1.29 is 14.2 Å². The van der Waals surface area contributed by atoms with Crippen LogP contribution in [-0.4, -0.2) is 52.4 Å². The highest BCUT2D eigenvalue weighted by atomic mass is 35.5. The highest BCUT2D eigenvalue weighted by Crippen LogP contribution is 2.44. The zero-order valence-electron chi connectivity index (χ0n) is 15.0. The second-order valence-corrected chi connectivity index (χ2v) is 5.51. The maximum absolute atomic E-state index is 5.68. The predicted octanol–water partition coefficient (Wildman–Crippen LogP) is 3.30. The Labute approximate surface area is 157 Å². The van der Waals surface area contributed by atoms with Crippen molar-refractivity contribution in [2.24, 2.45) is 0 Å². The summed E-state index contributed by atoms with van der Waals surface area (Å²) in [5, 5.41) is 3.41. The van der Waals surface area contributed by atoms with Crippen LogP contribution in [0.5, 0.6) is 17.2 Å². The Morgan fingerprint density at radius 2 is 1.62 bits per heavy atom. The normalized spacial score (nSPS) is 15.7. The number of hydrogen-bond donors (Lipinski definition) is 1. The lowest BCUT2D eigenvalue weighted by Crippen LogP contribution is -2.45. The molecule has 0 unspecified atom stereocenters. The van der Waals surface area contributed by atoms with Crippen molar-refractivity contribution >= 4 is 24.8 Å². The van der Waals surface area contributed by atoms with Gasteiger partial charge >= 0.3 is 0 Å². The number of ether oxygens (including phenoxy) is 3. The van der Waals surface area contributed by atoms with E-state index in [2.05, 4.69) is 23.2 Å². The molecule has 1 aromatic carbocycles. The van der Waals surface area contributed by atoms with Gasteiger partial charge in [-0.05, 0) is 18.6 Å². The van der Waals surface area contributed by atoms with Gasteiger partial charge in [-0.3, -0.25) is 4.90 Å². The Morgan fingerprint density at radius 3 is 2.12 bits per heavy atom. The minimum absolute atomic E-state index is 0. The van der Waals surface area contributed by atoms with Crippen LogP contribution in [0, 0.1) is 0 Å². The monoisotopic (exact) mass is 380 g/mol. The second-order valence-electron chi connectivity index (χ2n) is 5.51. The van der Waals surface area contributed by atoms with Crippen LogP contribution in [0.4, 0.5) is 0 Å². The molecule has 0 aromatic heterocycles. The average Bonchev–Trinajstić information content (AvgIpc) is 2.59. The molecule has 0 bridgehead atoms. The summed E-state index contributed by atoms with van der Waals surface area (Å²) in [5.74, 6) is 2.18. The van der Waals surface area contributed by atoms with E-state index in [1.165, 1.54) is 5.56 Å². The molecular weight excluding hydrogens is 351 g/mol. The number of hydrogen-bond acceptors (Lipinski definition) is 5. The van der Waals surface area contributed by atoms with Gasteiger partial charge in [0, 0.05) is 37.8 Å². The predicted molar refractivity (Wildman–Crippen MR) is 103 cm³/mol. The summed E-state index contributed by atoms with van der Waals surface area (Å²) in [6.07, 6.45) is 2.23. The lowest BCUT2D eigenvalue weighted by molar-refractivity contribution is 0.161. The molecule has 1 heterocycles. The molecule has 1 aliphatic rings. The van der Waals surface area contributed by atoms with Crippen LogP contribution < -0.4 is 19.5 Å². The van der Waals surface area contributed by atoms with Gasteiger partial charge in [0.15, 0.2) is 11.5 Å². The summed E-state index contributed by atoms with van der Waals surface area (Å²) < 4.78 is 16.6. The molecule has 0 saturated carbocycles. The van der Waals surface area contributed by atoms with Crippen LogP contribution in [0.2, 0.25) is 0 Å². The van der Waals surface area contributed by atoms with Crippen molar-refractivity contribution in [1.82, 2.24) is 10.2 Å². The number of benzene rings is 1. The number of nitrogens with one attached hydrogen (secondary N) is 1. The number of halogens is 2. The second kappa shape index (κ2) is 11.6. The fourth-order valence-corrected chi connectivity index (χ4v) is 3.19. The molecule has 1 aliphatic heterocycles. The van der Waals surface area contributed by atoms with Crippen LogP contribution in [-0.2, 0) is 0 Å². The van der Waals surface area contributed by atoms with E-state index in [1.54, 1.807) is 21.3 Å². The fourth-order valence-electron chi connectivity index (χ4n) is 3.19. The van der Waals surface area contributed by atoms with Gasteiger partial charge in [0.25, 0.3) is 0 Å². The molecule has 2 rings (SSSR count). The smallest absolute Gasteiger partial charge is 0.203 e. The number of methoxy groups -OCH3 is 3. The van der Waals surface area contributed by atoms with Crippen molar-refractivity contribution in [3.05, 3.63) is 17.7 Å². The van der Waals surface area contributed by atoms with E-state index in [0.29, 0.717) is 17.5 Å². The minimum Gasteiger partial charge on any atom is -0.493 e. The average molecular weight is 381 g/mol. The zero-order chi connectivity index (χ0) is 15.9. The number of nitrogens with zero attached hydrogens (tertiary/aromatic N) is 1. The Kier molecular flexibility index (Phi) is 11.2. The van der Waals surface area contributed by atoms with Gasteiger partial charge in [0.05, 0.1) is 21.3 Å². The zero-order valence-corrected chi connectivity index (χ0v) is 16.6. The van der Waals surface area contributed by atoms with Crippen molar-refractivity contribution in [1.29, 1.82) is 0 Å². The summed E-state index contributed by atoms with van der Waals surface area (Å²) >= 11 is 0. The molecule has 0 spiro atoms. The van der Waals surface area contributed by atoms with E-state index in [-0.39, 0.29) is 24.8 Å². The van der Waals surface area contributed by atoms with Crippen molar-refractivity contribution in [3.8, 4) is 17.2 Å². The Hall–Kier alpha value is -0.880. The first-order valence-electron chi connectivity index (χ1n) is 8.00. The maximum Gasteiger partial charge on any atom is 0.203 e. The topological polar surface area (TPSA) is 43.0 Å². The molecule has 1 fully saturated rings. The molecule has 1 N–H and O–H groups in total. The Balaban J connectivity index is 0.00000264. The third-order valence-corrected chi connectivity index (χ3v) is 4.25. The first-order valence-corrected chi connectivity index (χ1v) is 8.00. The molecule has 1 aromatic rings. The maximum atomic E-state index is 5.68. The Bertz CT molecular complexity index is 483. The van der Waals surface area contributed by atoms with Gasteiger partial charge < -0.3 is 19.5 Å². The molecule has 1 saturated heterocycles. The van der Waals surface area contributed by atoms with Crippen LogP contribution in [0.1, 0.15) is 31.4 Å². The van der Waals surface area contributed by atoms with Gasteiger partial charge in [-0.2, -0.15) is 0 Å². The van der Waals surface area contributed by atoms with Gasteiger partial charge in [-0.25, -0.2) is 0 Å². The first kappa shape index (κ1) is 23.1. The van der Waals surface area contributed by atoms with Gasteiger partial charge in [0.1, 0.15) is 0 Å². The van der Waals surface area contributed by atoms with E-state index in [0.717, 1.165) is 44.8 Å². The molecule has 0 radical (unpaired) electrons. The Morgan fingerprint density at radius 1 is 1.00 bits per heavy atom. The van der Waals surface area contributed by atoms with Crippen molar-refractivity contribution in [3.63, 3.8) is 0 Å². The van der Waals surface area contributed by atoms with E-state index < -0.39 is 0 Å². The summed E-state index contributed by atoms with van der Waals surface area (Å²) in [6, 6.07) is 4.44.